The minimum Gasteiger partial charge on any atom is -0.489 e. The van der Waals surface area contributed by atoms with Gasteiger partial charge < -0.3 is 19.9 Å². The molecular weight excluding hydrogens is 374 g/mol. The van der Waals surface area contributed by atoms with Gasteiger partial charge in [0.25, 0.3) is 5.91 Å². The summed E-state index contributed by atoms with van der Waals surface area (Å²) >= 11 is 0. The number of carbonyl (C=O) groups is 1. The van der Waals surface area contributed by atoms with Crippen molar-refractivity contribution in [2.75, 3.05) is 43.4 Å². The Morgan fingerprint density at radius 1 is 0.967 bits per heavy atom. The van der Waals surface area contributed by atoms with E-state index in [1.807, 2.05) is 54.6 Å². The predicted octanol–water partition coefficient (Wildman–Crippen LogP) is 2.85. The molecule has 2 N–H and O–H groups in total. The van der Waals surface area contributed by atoms with E-state index >= 15 is 0 Å². The fraction of sp³-hybridized carbons (Fsp3) is 0.240. The third-order valence-electron chi connectivity index (χ3n) is 5.45. The minimum absolute atomic E-state index is 0.142. The van der Waals surface area contributed by atoms with Gasteiger partial charge in [0, 0.05) is 16.9 Å². The van der Waals surface area contributed by atoms with Crippen LogP contribution in [0.2, 0.25) is 0 Å². The predicted molar refractivity (Wildman–Crippen MR) is 120 cm³/mol. The maximum absolute atomic E-state index is 12.7. The molecule has 5 nitrogen and oxygen atoms in total. The van der Waals surface area contributed by atoms with Crippen LogP contribution in [-0.4, -0.2) is 39.1 Å². The fourth-order valence-corrected chi connectivity index (χ4v) is 3.57. The van der Waals surface area contributed by atoms with E-state index in [0.717, 1.165) is 37.4 Å². The van der Waals surface area contributed by atoms with Gasteiger partial charge in [-0.2, -0.15) is 0 Å². The van der Waals surface area contributed by atoms with Crippen LogP contribution in [0.4, 0.5) is 11.4 Å². The van der Waals surface area contributed by atoms with Gasteiger partial charge in [0.2, 0.25) is 0 Å². The second-order valence-electron chi connectivity index (χ2n) is 7.75. The molecule has 0 aromatic heterocycles. The maximum atomic E-state index is 12.7. The summed E-state index contributed by atoms with van der Waals surface area (Å²) in [4.78, 5) is 16.7. The molecule has 154 valence electrons. The Morgan fingerprint density at radius 2 is 1.70 bits per heavy atom. The van der Waals surface area contributed by atoms with E-state index in [0.29, 0.717) is 17.9 Å². The first kappa shape index (κ1) is 20.0. The van der Waals surface area contributed by atoms with Crippen molar-refractivity contribution in [3.05, 3.63) is 90.0 Å². The number of likely N-dealkylation sites (N-methyl/N-ethyl adjacent to an activating group) is 1. The zero-order chi connectivity index (χ0) is 20.8. The number of nitrogens with zero attached hydrogens (tertiary/aromatic N) is 1. The molecule has 0 bridgehead atoms. The van der Waals surface area contributed by atoms with Crippen LogP contribution < -0.4 is 19.9 Å². The second kappa shape index (κ2) is 9.46. The lowest BCUT2D eigenvalue weighted by Gasteiger charge is -2.31. The number of ether oxygens (including phenoxy) is 1. The van der Waals surface area contributed by atoms with Crippen LogP contribution in [0.5, 0.6) is 5.75 Å². The molecule has 1 aliphatic rings. The van der Waals surface area contributed by atoms with Crippen molar-refractivity contribution >= 4 is 17.3 Å². The lowest BCUT2D eigenvalue weighted by molar-refractivity contribution is -0.880. The number of piperazine rings is 1. The van der Waals surface area contributed by atoms with Gasteiger partial charge in [-0.05, 0) is 48.0 Å². The summed E-state index contributed by atoms with van der Waals surface area (Å²) < 4.78 is 5.84. The van der Waals surface area contributed by atoms with E-state index in [9.17, 15) is 4.79 Å². The molecule has 1 aliphatic heterocycles. The highest BCUT2D eigenvalue weighted by Crippen LogP contribution is 2.20. The van der Waals surface area contributed by atoms with Gasteiger partial charge in [0.1, 0.15) is 12.4 Å². The van der Waals surface area contributed by atoms with Crippen LogP contribution in [0.15, 0.2) is 78.9 Å². The highest BCUT2D eigenvalue weighted by atomic mass is 16.5. The van der Waals surface area contributed by atoms with Gasteiger partial charge in [0.15, 0.2) is 0 Å². The van der Waals surface area contributed by atoms with E-state index in [4.69, 9.17) is 4.74 Å². The van der Waals surface area contributed by atoms with Crippen molar-refractivity contribution in [2.24, 2.45) is 0 Å². The van der Waals surface area contributed by atoms with Crippen LogP contribution >= 0.6 is 0 Å². The molecule has 5 heteroatoms. The number of benzene rings is 3. The van der Waals surface area contributed by atoms with E-state index < -0.39 is 0 Å². The Kier molecular flexibility index (Phi) is 6.30. The van der Waals surface area contributed by atoms with Crippen molar-refractivity contribution in [2.45, 2.75) is 6.61 Å². The van der Waals surface area contributed by atoms with Gasteiger partial charge in [-0.1, -0.05) is 36.4 Å². The summed E-state index contributed by atoms with van der Waals surface area (Å²) in [5, 5.41) is 2.98. The molecule has 1 saturated heterocycles. The SMILES string of the molecule is C[NH+]1CCN(c2ccc(NC(=O)c3cccc(OCc4ccccc4)c3)cc2)CC1. The summed E-state index contributed by atoms with van der Waals surface area (Å²) in [6.07, 6.45) is 0. The molecule has 3 aromatic rings. The molecule has 30 heavy (non-hydrogen) atoms. The van der Waals surface area contributed by atoms with Gasteiger partial charge >= 0.3 is 0 Å². The zero-order valence-corrected chi connectivity index (χ0v) is 17.3. The first-order valence-corrected chi connectivity index (χ1v) is 10.4. The number of carbonyl (C=O) groups excluding carboxylic acids is 1. The van der Waals surface area contributed by atoms with E-state index in [2.05, 4.69) is 29.4 Å². The molecule has 4 rings (SSSR count). The Labute approximate surface area is 177 Å². The number of rotatable bonds is 6. The molecule has 0 spiro atoms. The van der Waals surface area contributed by atoms with Crippen molar-refractivity contribution in [1.82, 2.24) is 0 Å². The number of hydrogen-bond donors (Lipinski definition) is 2. The third kappa shape index (κ3) is 5.19. The van der Waals surface area contributed by atoms with Crippen molar-refractivity contribution in [3.8, 4) is 5.75 Å². The quantitative estimate of drug-likeness (QED) is 0.667. The molecule has 0 aliphatic carbocycles. The van der Waals surface area contributed by atoms with Crippen LogP contribution in [0.3, 0.4) is 0 Å². The minimum atomic E-state index is -0.142. The topological polar surface area (TPSA) is 46.0 Å². The molecule has 0 unspecified atom stereocenters. The fourth-order valence-electron chi connectivity index (χ4n) is 3.57. The van der Waals surface area contributed by atoms with Crippen LogP contribution in [0.1, 0.15) is 15.9 Å². The van der Waals surface area contributed by atoms with Gasteiger partial charge in [-0.15, -0.1) is 0 Å². The van der Waals surface area contributed by atoms with Gasteiger partial charge in [0.05, 0.1) is 33.2 Å². The number of hydrogen-bond acceptors (Lipinski definition) is 3. The molecule has 1 amide bonds. The van der Waals surface area contributed by atoms with Gasteiger partial charge in [-0.3, -0.25) is 4.79 Å². The molecule has 1 heterocycles. The lowest BCUT2D eigenvalue weighted by Crippen LogP contribution is -3.12. The Bertz CT molecular complexity index is 965. The average molecular weight is 403 g/mol. The first-order valence-electron chi connectivity index (χ1n) is 10.4. The number of amides is 1. The van der Waals surface area contributed by atoms with Crippen LogP contribution in [-0.2, 0) is 6.61 Å². The third-order valence-corrected chi connectivity index (χ3v) is 5.45. The average Bonchev–Trinajstić information content (AvgIpc) is 2.80. The van der Waals surface area contributed by atoms with E-state index in [-0.39, 0.29) is 5.91 Å². The second-order valence-corrected chi connectivity index (χ2v) is 7.75. The molecule has 0 atom stereocenters. The van der Waals surface area contributed by atoms with Crippen LogP contribution in [0, 0.1) is 0 Å². The summed E-state index contributed by atoms with van der Waals surface area (Å²) in [5.41, 5.74) is 3.66. The number of nitrogens with one attached hydrogen (secondary N) is 2. The standard InChI is InChI=1S/C25H27N3O2/c1-27-14-16-28(17-15-27)23-12-10-22(11-13-23)26-25(29)21-8-5-9-24(18-21)30-19-20-6-3-2-4-7-20/h2-13,18H,14-17,19H2,1H3,(H,26,29)/p+1. The van der Waals surface area contributed by atoms with Crippen molar-refractivity contribution in [1.29, 1.82) is 0 Å². The highest BCUT2D eigenvalue weighted by Gasteiger charge is 2.17. The van der Waals surface area contributed by atoms with Crippen LogP contribution in [0.25, 0.3) is 0 Å². The van der Waals surface area contributed by atoms with E-state index in [1.165, 1.54) is 5.69 Å². The summed E-state index contributed by atoms with van der Waals surface area (Å²) in [5.74, 6) is 0.537. The molecule has 0 saturated carbocycles. The monoisotopic (exact) mass is 402 g/mol. The molecule has 3 aromatic carbocycles. The molecule has 0 radical (unpaired) electrons. The Morgan fingerprint density at radius 3 is 2.43 bits per heavy atom. The Balaban J connectivity index is 1.35. The smallest absolute Gasteiger partial charge is 0.255 e. The van der Waals surface area contributed by atoms with Crippen molar-refractivity contribution < 1.29 is 14.4 Å². The number of quaternary nitrogens is 1. The number of anilines is 2. The lowest BCUT2D eigenvalue weighted by atomic mass is 10.2. The largest absolute Gasteiger partial charge is 0.489 e. The summed E-state index contributed by atoms with van der Waals surface area (Å²) in [7, 11) is 2.23. The van der Waals surface area contributed by atoms with Gasteiger partial charge in [-0.25, -0.2) is 0 Å². The molecular formula is C25H28N3O2+. The van der Waals surface area contributed by atoms with E-state index in [1.54, 1.807) is 17.0 Å². The Hall–Kier alpha value is -3.31. The summed E-state index contributed by atoms with van der Waals surface area (Å²) in [6.45, 7) is 4.91. The first-order chi connectivity index (χ1) is 14.7. The maximum Gasteiger partial charge on any atom is 0.255 e. The zero-order valence-electron chi connectivity index (χ0n) is 17.3. The molecule has 1 fully saturated rings. The normalized spacial score (nSPS) is 14.4. The summed E-state index contributed by atoms with van der Waals surface area (Å²) in [6, 6.07) is 25.4. The van der Waals surface area contributed by atoms with Crippen molar-refractivity contribution in [3.63, 3.8) is 0 Å². The highest BCUT2D eigenvalue weighted by molar-refractivity contribution is 6.04.